The molecule has 0 radical (unpaired) electrons. The van der Waals surface area contributed by atoms with E-state index in [2.05, 4.69) is 11.8 Å². The maximum atomic E-state index is 11.9. The van der Waals surface area contributed by atoms with E-state index >= 15 is 0 Å². The van der Waals surface area contributed by atoms with E-state index in [-0.39, 0.29) is 18.6 Å². The Morgan fingerprint density at radius 1 is 1.53 bits per heavy atom. The van der Waals surface area contributed by atoms with Gasteiger partial charge in [0, 0.05) is 24.9 Å². The Kier molecular flexibility index (Phi) is 6.14. The first-order valence-corrected chi connectivity index (χ1v) is 6.92. The van der Waals surface area contributed by atoms with Gasteiger partial charge in [0.05, 0.1) is 6.61 Å². The molecule has 17 heavy (non-hydrogen) atoms. The van der Waals surface area contributed by atoms with Gasteiger partial charge in [-0.1, -0.05) is 19.8 Å². The van der Waals surface area contributed by atoms with Crippen molar-refractivity contribution in [2.24, 2.45) is 11.8 Å². The van der Waals surface area contributed by atoms with E-state index in [1.54, 1.807) is 0 Å². The zero-order valence-corrected chi connectivity index (χ0v) is 11.5. The van der Waals surface area contributed by atoms with E-state index in [4.69, 9.17) is 5.11 Å². The minimum atomic E-state index is 0.148. The van der Waals surface area contributed by atoms with Crippen molar-refractivity contribution in [1.29, 1.82) is 0 Å². The highest BCUT2D eigenvalue weighted by molar-refractivity contribution is 5.81. The van der Waals surface area contributed by atoms with Crippen LogP contribution in [0.3, 0.4) is 0 Å². The second-order valence-electron chi connectivity index (χ2n) is 5.56. The van der Waals surface area contributed by atoms with Gasteiger partial charge in [-0.2, -0.15) is 0 Å². The molecule has 1 saturated carbocycles. The number of nitrogens with zero attached hydrogens (tertiary/aromatic N) is 1. The van der Waals surface area contributed by atoms with Gasteiger partial charge in [0.1, 0.15) is 5.78 Å². The molecule has 100 valence electrons. The molecule has 0 aromatic rings. The van der Waals surface area contributed by atoms with Crippen LogP contribution in [-0.2, 0) is 4.79 Å². The number of rotatable bonds is 6. The van der Waals surface area contributed by atoms with Crippen molar-refractivity contribution in [3.63, 3.8) is 0 Å². The lowest BCUT2D eigenvalue weighted by atomic mass is 9.78. The van der Waals surface area contributed by atoms with E-state index < -0.39 is 0 Å². The summed E-state index contributed by atoms with van der Waals surface area (Å²) in [5.41, 5.74) is 0. The molecular formula is C14H27NO2. The van der Waals surface area contributed by atoms with Crippen molar-refractivity contribution in [3.8, 4) is 0 Å². The molecule has 0 aromatic heterocycles. The van der Waals surface area contributed by atoms with Crippen molar-refractivity contribution in [3.05, 3.63) is 0 Å². The maximum Gasteiger partial charge on any atom is 0.137 e. The topological polar surface area (TPSA) is 40.5 Å². The van der Waals surface area contributed by atoms with Gasteiger partial charge in [0.25, 0.3) is 0 Å². The van der Waals surface area contributed by atoms with Crippen molar-refractivity contribution >= 4 is 5.78 Å². The molecule has 1 aliphatic rings. The summed E-state index contributed by atoms with van der Waals surface area (Å²) < 4.78 is 0. The third-order valence-corrected chi connectivity index (χ3v) is 4.09. The van der Waals surface area contributed by atoms with Gasteiger partial charge in [-0.15, -0.1) is 0 Å². The molecule has 3 unspecified atom stereocenters. The fraction of sp³-hybridized carbons (Fsp3) is 0.929. The lowest BCUT2D eigenvalue weighted by Gasteiger charge is -2.32. The third-order valence-electron chi connectivity index (χ3n) is 4.09. The van der Waals surface area contributed by atoms with Crippen molar-refractivity contribution < 1.29 is 9.90 Å². The van der Waals surface area contributed by atoms with Gasteiger partial charge in [-0.3, -0.25) is 4.79 Å². The SMILES string of the molecule is CCCC1CCC(=O)C(CN(C)C(C)CO)C1. The van der Waals surface area contributed by atoms with Crippen LogP contribution in [0.1, 0.15) is 46.0 Å². The fourth-order valence-corrected chi connectivity index (χ4v) is 2.72. The van der Waals surface area contributed by atoms with Crippen molar-refractivity contribution in [1.82, 2.24) is 4.90 Å². The summed E-state index contributed by atoms with van der Waals surface area (Å²) in [5, 5.41) is 9.11. The molecule has 0 amide bonds. The number of ketones is 1. The van der Waals surface area contributed by atoms with Gasteiger partial charge in [0.15, 0.2) is 0 Å². The van der Waals surface area contributed by atoms with Crippen LogP contribution in [0.5, 0.6) is 0 Å². The molecule has 0 aliphatic heterocycles. The molecule has 0 saturated heterocycles. The molecule has 1 rings (SSSR count). The number of likely N-dealkylation sites (N-methyl/N-ethyl adjacent to an activating group) is 1. The second-order valence-corrected chi connectivity index (χ2v) is 5.56. The predicted octanol–water partition coefficient (Wildman–Crippen LogP) is 2.08. The molecular weight excluding hydrogens is 214 g/mol. The first-order chi connectivity index (χ1) is 8.08. The number of aliphatic hydroxyl groups is 1. The van der Waals surface area contributed by atoms with Crippen LogP contribution in [-0.4, -0.2) is 42.0 Å². The molecule has 3 heteroatoms. The molecule has 1 fully saturated rings. The predicted molar refractivity (Wildman–Crippen MR) is 69.9 cm³/mol. The number of hydrogen-bond donors (Lipinski definition) is 1. The van der Waals surface area contributed by atoms with E-state index in [0.29, 0.717) is 5.78 Å². The largest absolute Gasteiger partial charge is 0.395 e. The molecule has 1 aliphatic carbocycles. The smallest absolute Gasteiger partial charge is 0.137 e. The van der Waals surface area contributed by atoms with E-state index in [1.165, 1.54) is 12.8 Å². The zero-order chi connectivity index (χ0) is 12.8. The summed E-state index contributed by atoms with van der Waals surface area (Å²) in [6.45, 7) is 5.18. The van der Waals surface area contributed by atoms with Crippen LogP contribution in [0.2, 0.25) is 0 Å². The molecule has 3 nitrogen and oxygen atoms in total. The van der Waals surface area contributed by atoms with E-state index in [0.717, 1.165) is 31.7 Å². The van der Waals surface area contributed by atoms with Crippen molar-refractivity contribution in [2.45, 2.75) is 52.0 Å². The standard InChI is InChI=1S/C14H27NO2/c1-4-5-12-6-7-14(17)13(8-12)9-15(3)11(2)10-16/h11-13,16H,4-10H2,1-3H3. The van der Waals surface area contributed by atoms with Gasteiger partial charge in [-0.25, -0.2) is 0 Å². The van der Waals surface area contributed by atoms with E-state index in [1.807, 2.05) is 14.0 Å². The highest BCUT2D eigenvalue weighted by atomic mass is 16.3. The van der Waals surface area contributed by atoms with Gasteiger partial charge in [-0.05, 0) is 32.7 Å². The summed E-state index contributed by atoms with van der Waals surface area (Å²) >= 11 is 0. The molecule has 0 aromatic carbocycles. The summed E-state index contributed by atoms with van der Waals surface area (Å²) in [4.78, 5) is 14.0. The average Bonchev–Trinajstić information content (AvgIpc) is 2.32. The minimum absolute atomic E-state index is 0.148. The monoisotopic (exact) mass is 241 g/mol. The van der Waals surface area contributed by atoms with Crippen LogP contribution < -0.4 is 0 Å². The minimum Gasteiger partial charge on any atom is -0.395 e. The molecule has 0 heterocycles. The number of aliphatic hydroxyl groups excluding tert-OH is 1. The number of hydrogen-bond acceptors (Lipinski definition) is 3. The lowest BCUT2D eigenvalue weighted by Crippen LogP contribution is -2.40. The maximum absolute atomic E-state index is 11.9. The Balaban J connectivity index is 2.46. The van der Waals surface area contributed by atoms with Crippen molar-refractivity contribution in [2.75, 3.05) is 20.2 Å². The molecule has 0 bridgehead atoms. The highest BCUT2D eigenvalue weighted by Gasteiger charge is 2.29. The molecule has 0 spiro atoms. The quantitative estimate of drug-likeness (QED) is 0.774. The summed E-state index contributed by atoms with van der Waals surface area (Å²) in [7, 11) is 2.00. The number of Topliss-reactive ketones (excluding diaryl/α,β-unsaturated/α-hetero) is 1. The summed E-state index contributed by atoms with van der Waals surface area (Å²) in [5.74, 6) is 1.36. The molecule has 1 N–H and O–H groups in total. The average molecular weight is 241 g/mol. The zero-order valence-electron chi connectivity index (χ0n) is 11.5. The van der Waals surface area contributed by atoms with Gasteiger partial charge >= 0.3 is 0 Å². The fourth-order valence-electron chi connectivity index (χ4n) is 2.72. The number of carbonyl (C=O) groups excluding carboxylic acids is 1. The first-order valence-electron chi connectivity index (χ1n) is 6.92. The second kappa shape index (κ2) is 7.12. The van der Waals surface area contributed by atoms with Crippen LogP contribution in [0.4, 0.5) is 0 Å². The highest BCUT2D eigenvalue weighted by Crippen LogP contribution is 2.30. The Labute approximate surface area is 105 Å². The normalized spacial score (nSPS) is 27.5. The number of carbonyl (C=O) groups is 1. The van der Waals surface area contributed by atoms with Gasteiger partial charge in [0.2, 0.25) is 0 Å². The Morgan fingerprint density at radius 3 is 2.82 bits per heavy atom. The summed E-state index contributed by atoms with van der Waals surface area (Å²) in [6.07, 6.45) is 5.37. The summed E-state index contributed by atoms with van der Waals surface area (Å²) in [6, 6.07) is 0.148. The van der Waals surface area contributed by atoms with E-state index in [9.17, 15) is 4.79 Å². The van der Waals surface area contributed by atoms with Crippen LogP contribution in [0.15, 0.2) is 0 Å². The van der Waals surface area contributed by atoms with Crippen LogP contribution in [0.25, 0.3) is 0 Å². The Bertz CT molecular complexity index is 242. The van der Waals surface area contributed by atoms with Crippen LogP contribution >= 0.6 is 0 Å². The Hall–Kier alpha value is -0.410. The third kappa shape index (κ3) is 4.40. The van der Waals surface area contributed by atoms with Gasteiger partial charge < -0.3 is 10.0 Å². The molecule has 3 atom stereocenters. The lowest BCUT2D eigenvalue weighted by molar-refractivity contribution is -0.126. The Morgan fingerprint density at radius 2 is 2.24 bits per heavy atom. The first kappa shape index (κ1) is 14.7. The van der Waals surface area contributed by atoms with Crippen LogP contribution in [0, 0.1) is 11.8 Å².